The maximum atomic E-state index is 11.4. The predicted octanol–water partition coefficient (Wildman–Crippen LogP) is 1.13. The monoisotopic (exact) mass is 518 g/mol. The number of likely N-dealkylation sites (tertiary alicyclic amines) is 2. The first-order valence-electron chi connectivity index (χ1n) is 13.5. The predicted molar refractivity (Wildman–Crippen MR) is 140 cm³/mol. The van der Waals surface area contributed by atoms with Crippen molar-refractivity contribution >= 4 is 0 Å². The molecule has 0 bridgehead atoms. The molecule has 2 heterocycles. The summed E-state index contributed by atoms with van der Waals surface area (Å²) < 4.78 is 11.9. The van der Waals surface area contributed by atoms with Crippen LogP contribution in [0.5, 0.6) is 0 Å². The summed E-state index contributed by atoms with van der Waals surface area (Å²) in [5.74, 6) is 0. The molecule has 0 spiro atoms. The fraction of sp³-hybridized carbons (Fsp3) is 1.00. The van der Waals surface area contributed by atoms with E-state index in [1.54, 1.807) is 0 Å². The third-order valence-corrected chi connectivity index (χ3v) is 8.09. The van der Waals surface area contributed by atoms with E-state index in [9.17, 15) is 15.3 Å². The summed E-state index contributed by atoms with van der Waals surface area (Å²) in [5, 5.41) is 48.9. The molecular weight excluding hydrogens is 464 g/mol. The van der Waals surface area contributed by atoms with E-state index in [0.29, 0.717) is 13.1 Å². The molecule has 2 rings (SSSR count). The van der Waals surface area contributed by atoms with Gasteiger partial charge in [-0.25, -0.2) is 0 Å². The summed E-state index contributed by atoms with van der Waals surface area (Å²) in [7, 11) is 0. The Labute approximate surface area is 218 Å². The standard InChI is InChI=1S/C27H54N2O7/c1-24(2)9-22(35-17-20(33)15-30)10-25(3,4)28(24)13-19(32)14-29-26(5,6)11-23(12-27(29,7)8)36-18-21(34)16-31/h19-23,30-34H,9-18H2,1-8H3. The van der Waals surface area contributed by atoms with Gasteiger partial charge in [-0.1, -0.05) is 0 Å². The number of aliphatic hydroxyl groups is 5. The van der Waals surface area contributed by atoms with Crippen molar-refractivity contribution in [3.8, 4) is 0 Å². The van der Waals surface area contributed by atoms with Crippen LogP contribution in [0, 0.1) is 0 Å². The molecule has 2 aliphatic rings. The molecule has 2 aliphatic heterocycles. The molecule has 9 nitrogen and oxygen atoms in total. The average molecular weight is 519 g/mol. The largest absolute Gasteiger partial charge is 0.394 e. The lowest BCUT2D eigenvalue weighted by atomic mass is 9.77. The van der Waals surface area contributed by atoms with Crippen molar-refractivity contribution in [1.29, 1.82) is 0 Å². The van der Waals surface area contributed by atoms with E-state index in [-0.39, 0.29) is 60.8 Å². The third kappa shape index (κ3) is 8.32. The van der Waals surface area contributed by atoms with Crippen LogP contribution in [0.3, 0.4) is 0 Å². The maximum absolute atomic E-state index is 11.4. The molecule has 2 saturated heterocycles. The van der Waals surface area contributed by atoms with Crippen molar-refractivity contribution in [1.82, 2.24) is 9.80 Å². The lowest BCUT2D eigenvalue weighted by Crippen LogP contribution is -2.67. The number of rotatable bonds is 12. The Kier molecular flexibility index (Phi) is 10.8. The lowest BCUT2D eigenvalue weighted by Gasteiger charge is -2.58. The highest BCUT2D eigenvalue weighted by Crippen LogP contribution is 2.42. The van der Waals surface area contributed by atoms with Crippen LogP contribution in [-0.2, 0) is 9.47 Å². The first-order valence-corrected chi connectivity index (χ1v) is 13.5. The second-order valence-electron chi connectivity index (χ2n) is 13.5. The number of nitrogens with zero attached hydrogens (tertiary/aromatic N) is 2. The summed E-state index contributed by atoms with van der Waals surface area (Å²) in [4.78, 5) is 4.78. The number of β-amino-alcohol motifs (C(OH)–C–C–N with tert-alkyl or cyclic N) is 1. The van der Waals surface area contributed by atoms with Gasteiger partial charge in [0.1, 0.15) is 12.2 Å². The van der Waals surface area contributed by atoms with Crippen LogP contribution < -0.4 is 0 Å². The Morgan fingerprint density at radius 3 is 1.11 bits per heavy atom. The van der Waals surface area contributed by atoms with Gasteiger partial charge in [0.15, 0.2) is 0 Å². The zero-order valence-electron chi connectivity index (χ0n) is 23.9. The Balaban J connectivity index is 2.04. The van der Waals surface area contributed by atoms with Crippen molar-refractivity contribution in [2.45, 2.75) is 134 Å². The molecular formula is C27H54N2O7. The minimum Gasteiger partial charge on any atom is -0.394 e. The molecule has 0 aliphatic carbocycles. The molecule has 0 amide bonds. The summed E-state index contributed by atoms with van der Waals surface area (Å²) in [6.45, 7) is 18.1. The Morgan fingerprint density at radius 1 is 0.583 bits per heavy atom. The quantitative estimate of drug-likeness (QED) is 0.258. The fourth-order valence-electron chi connectivity index (χ4n) is 6.76. The molecule has 2 unspecified atom stereocenters. The Bertz CT molecular complexity index is 593. The zero-order valence-corrected chi connectivity index (χ0v) is 23.9. The van der Waals surface area contributed by atoms with Gasteiger partial charge in [-0.3, -0.25) is 9.80 Å². The van der Waals surface area contributed by atoms with Crippen LogP contribution in [0.1, 0.15) is 81.1 Å². The SMILES string of the molecule is CC1(C)CC(OCC(O)CO)CC(C)(C)N1CC(O)CN1C(C)(C)CC(OCC(O)CO)CC1(C)C. The van der Waals surface area contributed by atoms with Crippen LogP contribution in [0.15, 0.2) is 0 Å². The number of hydrogen-bond acceptors (Lipinski definition) is 9. The van der Waals surface area contributed by atoms with E-state index in [4.69, 9.17) is 19.7 Å². The van der Waals surface area contributed by atoms with Gasteiger partial charge < -0.3 is 35.0 Å². The summed E-state index contributed by atoms with van der Waals surface area (Å²) in [6, 6.07) is 0. The smallest absolute Gasteiger partial charge is 0.100 e. The molecule has 214 valence electrons. The van der Waals surface area contributed by atoms with Gasteiger partial charge in [-0.05, 0) is 81.1 Å². The van der Waals surface area contributed by atoms with E-state index < -0.39 is 18.3 Å². The maximum Gasteiger partial charge on any atom is 0.100 e. The fourth-order valence-corrected chi connectivity index (χ4v) is 6.76. The summed E-state index contributed by atoms with van der Waals surface area (Å²) in [6.07, 6.45) is 0.790. The highest BCUT2D eigenvalue weighted by Gasteiger charge is 2.49. The van der Waals surface area contributed by atoms with Crippen LogP contribution in [-0.4, -0.2) is 128 Å². The topological polar surface area (TPSA) is 126 Å². The van der Waals surface area contributed by atoms with Crippen molar-refractivity contribution in [3.05, 3.63) is 0 Å². The molecule has 0 aromatic carbocycles. The number of aliphatic hydroxyl groups excluding tert-OH is 5. The summed E-state index contributed by atoms with van der Waals surface area (Å²) >= 11 is 0. The van der Waals surface area contributed by atoms with Gasteiger partial charge >= 0.3 is 0 Å². The number of hydrogen-bond donors (Lipinski definition) is 5. The molecule has 2 fully saturated rings. The minimum absolute atomic E-state index is 0.0224. The van der Waals surface area contributed by atoms with Gasteiger partial charge in [0, 0.05) is 35.2 Å². The first kappa shape index (κ1) is 31.9. The average Bonchev–Trinajstić information content (AvgIpc) is 2.74. The van der Waals surface area contributed by atoms with Crippen LogP contribution in [0.25, 0.3) is 0 Å². The molecule has 36 heavy (non-hydrogen) atoms. The van der Waals surface area contributed by atoms with E-state index in [1.165, 1.54) is 0 Å². The van der Waals surface area contributed by atoms with Crippen molar-refractivity contribution in [3.63, 3.8) is 0 Å². The van der Waals surface area contributed by atoms with Crippen LogP contribution >= 0.6 is 0 Å². The second kappa shape index (κ2) is 12.2. The van der Waals surface area contributed by atoms with E-state index in [0.717, 1.165) is 25.7 Å². The van der Waals surface area contributed by atoms with Crippen molar-refractivity contribution in [2.75, 3.05) is 39.5 Å². The van der Waals surface area contributed by atoms with E-state index in [1.807, 2.05) is 0 Å². The minimum atomic E-state index is -0.864. The van der Waals surface area contributed by atoms with E-state index in [2.05, 4.69) is 65.2 Å². The van der Waals surface area contributed by atoms with E-state index >= 15 is 0 Å². The molecule has 0 aromatic rings. The van der Waals surface area contributed by atoms with Gasteiger partial charge in [-0.15, -0.1) is 0 Å². The highest BCUT2D eigenvalue weighted by molar-refractivity contribution is 5.04. The normalized spacial score (nSPS) is 27.6. The molecule has 0 radical (unpaired) electrons. The highest BCUT2D eigenvalue weighted by atomic mass is 16.5. The third-order valence-electron chi connectivity index (χ3n) is 8.09. The van der Waals surface area contributed by atoms with Gasteiger partial charge in [0.05, 0.1) is 44.7 Å². The van der Waals surface area contributed by atoms with Crippen molar-refractivity contribution < 1.29 is 35.0 Å². The molecule has 5 N–H and O–H groups in total. The Hall–Kier alpha value is -0.360. The van der Waals surface area contributed by atoms with Gasteiger partial charge in [0.25, 0.3) is 0 Å². The Morgan fingerprint density at radius 2 is 0.861 bits per heavy atom. The van der Waals surface area contributed by atoms with Gasteiger partial charge in [-0.2, -0.15) is 0 Å². The number of ether oxygens (including phenoxy) is 2. The zero-order chi connectivity index (χ0) is 27.5. The molecule has 9 heteroatoms. The van der Waals surface area contributed by atoms with Crippen LogP contribution in [0.4, 0.5) is 0 Å². The van der Waals surface area contributed by atoms with Crippen molar-refractivity contribution in [2.24, 2.45) is 0 Å². The second-order valence-corrected chi connectivity index (χ2v) is 13.5. The molecule has 0 aromatic heterocycles. The first-order chi connectivity index (χ1) is 16.4. The number of piperidine rings is 2. The summed E-state index contributed by atoms with van der Waals surface area (Å²) in [5.41, 5.74) is -0.845. The molecule has 0 saturated carbocycles. The van der Waals surface area contributed by atoms with Crippen LogP contribution in [0.2, 0.25) is 0 Å². The lowest BCUT2D eigenvalue weighted by molar-refractivity contribution is -0.145. The molecule has 2 atom stereocenters. The van der Waals surface area contributed by atoms with Gasteiger partial charge in [0.2, 0.25) is 0 Å².